The van der Waals surface area contributed by atoms with E-state index >= 15 is 0 Å². The predicted octanol–water partition coefficient (Wildman–Crippen LogP) is 2.79. The highest BCUT2D eigenvalue weighted by Gasteiger charge is 2.10. The molecule has 0 radical (unpaired) electrons. The van der Waals surface area contributed by atoms with Crippen LogP contribution >= 0.6 is 11.8 Å². The zero-order chi connectivity index (χ0) is 13.0. The van der Waals surface area contributed by atoms with Gasteiger partial charge in [0.25, 0.3) is 0 Å². The molecule has 0 aliphatic heterocycles. The largest absolute Gasteiger partial charge is 0.316 e. The van der Waals surface area contributed by atoms with E-state index in [-0.39, 0.29) is 5.82 Å². The van der Waals surface area contributed by atoms with Crippen molar-refractivity contribution in [3.63, 3.8) is 0 Å². The van der Waals surface area contributed by atoms with Gasteiger partial charge >= 0.3 is 0 Å². The van der Waals surface area contributed by atoms with Crippen molar-refractivity contribution in [1.82, 2.24) is 15.3 Å². The first-order valence-electron chi connectivity index (χ1n) is 5.60. The van der Waals surface area contributed by atoms with E-state index in [2.05, 4.69) is 15.3 Å². The molecule has 0 aliphatic rings. The number of aryl methyl sites for hydroxylation is 1. The Morgan fingerprint density at radius 2 is 2.17 bits per heavy atom. The standard InChI is InChI=1S/C13H14FN3S/c1-9-6-7-16-13(17-9)18-12-5-3-4-11(14)10(12)8-15-2/h3-7,15H,8H2,1-2H3. The molecule has 5 heteroatoms. The number of nitrogens with zero attached hydrogens (tertiary/aromatic N) is 2. The van der Waals surface area contributed by atoms with E-state index in [9.17, 15) is 4.39 Å². The molecule has 0 spiro atoms. The second kappa shape index (κ2) is 5.93. The first-order valence-corrected chi connectivity index (χ1v) is 6.42. The summed E-state index contributed by atoms with van der Waals surface area (Å²) in [6, 6.07) is 6.89. The van der Waals surface area contributed by atoms with Crippen LogP contribution in [0, 0.1) is 12.7 Å². The molecule has 0 unspecified atom stereocenters. The molecule has 1 N–H and O–H groups in total. The van der Waals surface area contributed by atoms with Gasteiger partial charge in [0.1, 0.15) is 5.82 Å². The highest BCUT2D eigenvalue weighted by Crippen LogP contribution is 2.29. The molecule has 0 atom stereocenters. The van der Waals surface area contributed by atoms with Crippen molar-refractivity contribution in [2.75, 3.05) is 7.05 Å². The van der Waals surface area contributed by atoms with Crippen LogP contribution in [0.1, 0.15) is 11.3 Å². The summed E-state index contributed by atoms with van der Waals surface area (Å²) in [5, 5.41) is 3.61. The average molecular weight is 263 g/mol. The van der Waals surface area contributed by atoms with Gasteiger partial charge in [0.05, 0.1) is 0 Å². The van der Waals surface area contributed by atoms with Crippen LogP contribution in [-0.4, -0.2) is 17.0 Å². The maximum absolute atomic E-state index is 13.7. The molecule has 2 rings (SSSR count). The zero-order valence-corrected chi connectivity index (χ0v) is 11.1. The van der Waals surface area contributed by atoms with Gasteiger partial charge in [0, 0.05) is 28.9 Å². The van der Waals surface area contributed by atoms with Gasteiger partial charge in [-0.2, -0.15) is 0 Å². The van der Waals surface area contributed by atoms with Crippen LogP contribution in [0.25, 0.3) is 0 Å². The van der Waals surface area contributed by atoms with Gasteiger partial charge in [-0.1, -0.05) is 6.07 Å². The summed E-state index contributed by atoms with van der Waals surface area (Å²) in [6.45, 7) is 2.40. The number of benzene rings is 1. The third-order valence-corrected chi connectivity index (χ3v) is 3.39. The number of hydrogen-bond acceptors (Lipinski definition) is 4. The molecule has 1 aromatic heterocycles. The Balaban J connectivity index is 2.31. The lowest BCUT2D eigenvalue weighted by molar-refractivity contribution is 0.593. The van der Waals surface area contributed by atoms with Gasteiger partial charge in [0.15, 0.2) is 5.16 Å². The van der Waals surface area contributed by atoms with Crippen molar-refractivity contribution in [3.05, 3.63) is 47.5 Å². The van der Waals surface area contributed by atoms with Crippen LogP contribution in [-0.2, 0) is 6.54 Å². The summed E-state index contributed by atoms with van der Waals surface area (Å²) >= 11 is 1.38. The lowest BCUT2D eigenvalue weighted by atomic mass is 10.2. The Morgan fingerprint density at radius 1 is 1.33 bits per heavy atom. The molecule has 0 saturated carbocycles. The average Bonchev–Trinajstić information content (AvgIpc) is 2.34. The summed E-state index contributed by atoms with van der Waals surface area (Å²) < 4.78 is 13.7. The van der Waals surface area contributed by atoms with Crippen LogP contribution in [0.4, 0.5) is 4.39 Å². The molecule has 0 fully saturated rings. The minimum atomic E-state index is -0.206. The minimum absolute atomic E-state index is 0.206. The Labute approximate surface area is 110 Å². The van der Waals surface area contributed by atoms with Gasteiger partial charge in [-0.05, 0) is 43.9 Å². The summed E-state index contributed by atoms with van der Waals surface area (Å²) in [6.07, 6.45) is 1.71. The van der Waals surface area contributed by atoms with Crippen LogP contribution in [0.5, 0.6) is 0 Å². The topological polar surface area (TPSA) is 37.8 Å². The van der Waals surface area contributed by atoms with Gasteiger partial charge in [0.2, 0.25) is 0 Å². The van der Waals surface area contributed by atoms with E-state index < -0.39 is 0 Å². The second-order valence-electron chi connectivity index (χ2n) is 3.83. The van der Waals surface area contributed by atoms with Gasteiger partial charge in [-0.15, -0.1) is 0 Å². The number of halogens is 1. The molecule has 0 aliphatic carbocycles. The zero-order valence-electron chi connectivity index (χ0n) is 10.3. The smallest absolute Gasteiger partial charge is 0.192 e. The first-order chi connectivity index (χ1) is 8.70. The maximum atomic E-state index is 13.7. The molecule has 18 heavy (non-hydrogen) atoms. The molecule has 3 nitrogen and oxygen atoms in total. The number of nitrogens with one attached hydrogen (secondary N) is 1. The van der Waals surface area contributed by atoms with Gasteiger partial charge in [-0.25, -0.2) is 14.4 Å². The first kappa shape index (κ1) is 13.0. The van der Waals surface area contributed by atoms with Crippen molar-refractivity contribution in [1.29, 1.82) is 0 Å². The maximum Gasteiger partial charge on any atom is 0.192 e. The van der Waals surface area contributed by atoms with E-state index in [4.69, 9.17) is 0 Å². The van der Waals surface area contributed by atoms with Crippen molar-refractivity contribution >= 4 is 11.8 Å². The molecular weight excluding hydrogens is 249 g/mol. The molecule has 1 aromatic carbocycles. The summed E-state index contributed by atoms with van der Waals surface area (Å²) in [7, 11) is 1.80. The molecule has 1 heterocycles. The predicted molar refractivity (Wildman–Crippen MR) is 70.1 cm³/mol. The molecule has 0 saturated heterocycles. The minimum Gasteiger partial charge on any atom is -0.316 e. The monoisotopic (exact) mass is 263 g/mol. The molecule has 0 bridgehead atoms. The molecule has 0 amide bonds. The lowest BCUT2D eigenvalue weighted by Crippen LogP contribution is -2.08. The third-order valence-electron chi connectivity index (χ3n) is 2.40. The molecule has 2 aromatic rings. The Morgan fingerprint density at radius 3 is 2.89 bits per heavy atom. The normalized spacial score (nSPS) is 10.6. The van der Waals surface area contributed by atoms with Crippen molar-refractivity contribution in [2.24, 2.45) is 0 Å². The Hall–Kier alpha value is -1.46. The quantitative estimate of drug-likeness (QED) is 0.861. The van der Waals surface area contributed by atoms with Crippen molar-refractivity contribution in [2.45, 2.75) is 23.5 Å². The summed E-state index contributed by atoms with van der Waals surface area (Å²) in [5.41, 5.74) is 1.55. The fraction of sp³-hybridized carbons (Fsp3) is 0.231. The highest BCUT2D eigenvalue weighted by atomic mass is 32.2. The molecular formula is C13H14FN3S. The summed E-state index contributed by atoms with van der Waals surface area (Å²) in [4.78, 5) is 9.33. The van der Waals surface area contributed by atoms with E-state index in [0.29, 0.717) is 17.3 Å². The van der Waals surface area contributed by atoms with Gasteiger partial charge in [-0.3, -0.25) is 0 Å². The van der Waals surface area contributed by atoms with E-state index in [1.54, 1.807) is 19.3 Å². The number of hydrogen-bond donors (Lipinski definition) is 1. The van der Waals surface area contributed by atoms with Crippen molar-refractivity contribution in [3.8, 4) is 0 Å². The third kappa shape index (κ3) is 3.05. The van der Waals surface area contributed by atoms with Crippen LogP contribution in [0.15, 0.2) is 40.5 Å². The molecule has 94 valence electrons. The second-order valence-corrected chi connectivity index (χ2v) is 4.84. The van der Waals surface area contributed by atoms with E-state index in [1.807, 2.05) is 19.1 Å². The van der Waals surface area contributed by atoms with E-state index in [0.717, 1.165) is 10.6 Å². The van der Waals surface area contributed by atoms with Crippen LogP contribution in [0.3, 0.4) is 0 Å². The summed E-state index contributed by atoms with van der Waals surface area (Å²) in [5.74, 6) is -0.206. The Kier molecular flexibility index (Phi) is 4.28. The SMILES string of the molecule is CNCc1c(F)cccc1Sc1nccc(C)n1. The fourth-order valence-corrected chi connectivity index (χ4v) is 2.50. The van der Waals surface area contributed by atoms with Crippen molar-refractivity contribution < 1.29 is 4.39 Å². The Bertz CT molecular complexity index is 546. The van der Waals surface area contributed by atoms with E-state index in [1.165, 1.54) is 17.8 Å². The number of rotatable bonds is 4. The number of aromatic nitrogens is 2. The lowest BCUT2D eigenvalue weighted by Gasteiger charge is -2.09. The van der Waals surface area contributed by atoms with Crippen LogP contribution in [0.2, 0.25) is 0 Å². The van der Waals surface area contributed by atoms with Crippen LogP contribution < -0.4 is 5.32 Å². The van der Waals surface area contributed by atoms with Gasteiger partial charge < -0.3 is 5.32 Å². The fourth-order valence-electron chi connectivity index (χ4n) is 1.56. The highest BCUT2D eigenvalue weighted by molar-refractivity contribution is 7.99.